The van der Waals surface area contributed by atoms with Gasteiger partial charge in [-0.1, -0.05) is 0 Å². The molecule has 0 unspecified atom stereocenters. The SMILES string of the molecule is COc1cc(O)ccc1COc1ccc(F)cc1. The third-order valence-corrected chi connectivity index (χ3v) is 2.48. The molecule has 0 aliphatic rings. The van der Waals surface area contributed by atoms with Crippen LogP contribution in [-0.2, 0) is 6.61 Å². The maximum atomic E-state index is 12.7. The molecule has 0 saturated heterocycles. The van der Waals surface area contributed by atoms with Crippen LogP contribution in [0.4, 0.5) is 4.39 Å². The van der Waals surface area contributed by atoms with E-state index in [1.807, 2.05) is 0 Å². The van der Waals surface area contributed by atoms with E-state index in [1.165, 1.54) is 25.3 Å². The Kier molecular flexibility index (Phi) is 3.67. The molecule has 0 aliphatic heterocycles. The summed E-state index contributed by atoms with van der Waals surface area (Å²) >= 11 is 0. The van der Waals surface area contributed by atoms with Gasteiger partial charge < -0.3 is 14.6 Å². The van der Waals surface area contributed by atoms with Gasteiger partial charge in [-0.25, -0.2) is 4.39 Å². The molecule has 2 aromatic carbocycles. The summed E-state index contributed by atoms with van der Waals surface area (Å²) in [6.07, 6.45) is 0. The van der Waals surface area contributed by atoms with Crippen LogP contribution in [0.2, 0.25) is 0 Å². The normalized spacial score (nSPS) is 10.1. The summed E-state index contributed by atoms with van der Waals surface area (Å²) in [5.74, 6) is 0.964. The molecule has 0 aliphatic carbocycles. The Hall–Kier alpha value is -2.23. The first-order chi connectivity index (χ1) is 8.69. The highest BCUT2D eigenvalue weighted by Gasteiger charge is 2.05. The van der Waals surface area contributed by atoms with Crippen LogP contribution in [0.15, 0.2) is 42.5 Å². The predicted molar refractivity (Wildman–Crippen MR) is 65.4 cm³/mol. The van der Waals surface area contributed by atoms with Gasteiger partial charge in [0.2, 0.25) is 0 Å². The van der Waals surface area contributed by atoms with Gasteiger partial charge in [0.25, 0.3) is 0 Å². The number of hydrogen-bond donors (Lipinski definition) is 1. The Morgan fingerprint density at radius 2 is 1.83 bits per heavy atom. The number of phenols is 1. The van der Waals surface area contributed by atoms with Gasteiger partial charge in [-0.2, -0.15) is 0 Å². The maximum absolute atomic E-state index is 12.7. The van der Waals surface area contributed by atoms with E-state index in [0.29, 0.717) is 11.5 Å². The molecule has 0 radical (unpaired) electrons. The summed E-state index contributed by atoms with van der Waals surface area (Å²) in [6.45, 7) is 0.287. The van der Waals surface area contributed by atoms with Gasteiger partial charge in [0, 0.05) is 11.6 Å². The summed E-state index contributed by atoms with van der Waals surface area (Å²) < 4.78 is 23.3. The van der Waals surface area contributed by atoms with Crippen molar-refractivity contribution in [1.82, 2.24) is 0 Å². The van der Waals surface area contributed by atoms with E-state index in [2.05, 4.69) is 0 Å². The number of ether oxygens (including phenoxy) is 2. The van der Waals surface area contributed by atoms with Crippen molar-refractivity contribution >= 4 is 0 Å². The third kappa shape index (κ3) is 2.91. The van der Waals surface area contributed by atoms with Crippen LogP contribution in [0.1, 0.15) is 5.56 Å². The van der Waals surface area contributed by atoms with Crippen molar-refractivity contribution < 1.29 is 19.0 Å². The predicted octanol–water partition coefficient (Wildman–Crippen LogP) is 3.12. The summed E-state index contributed by atoms with van der Waals surface area (Å²) in [5.41, 5.74) is 0.805. The van der Waals surface area contributed by atoms with E-state index in [1.54, 1.807) is 24.3 Å². The first-order valence-electron chi connectivity index (χ1n) is 5.43. The number of rotatable bonds is 4. The van der Waals surface area contributed by atoms with Crippen LogP contribution >= 0.6 is 0 Å². The standard InChI is InChI=1S/C14H13FO3/c1-17-14-8-12(16)5-2-10(14)9-18-13-6-3-11(15)4-7-13/h2-8,16H,9H2,1H3. The van der Waals surface area contributed by atoms with Crippen molar-refractivity contribution in [3.05, 3.63) is 53.8 Å². The van der Waals surface area contributed by atoms with Crippen LogP contribution in [0.25, 0.3) is 0 Å². The van der Waals surface area contributed by atoms with Gasteiger partial charge in [0.05, 0.1) is 7.11 Å². The quantitative estimate of drug-likeness (QED) is 0.903. The maximum Gasteiger partial charge on any atom is 0.129 e. The van der Waals surface area contributed by atoms with Gasteiger partial charge in [0.1, 0.15) is 29.7 Å². The zero-order valence-corrected chi connectivity index (χ0v) is 9.89. The van der Waals surface area contributed by atoms with Gasteiger partial charge in [0.15, 0.2) is 0 Å². The molecule has 94 valence electrons. The van der Waals surface area contributed by atoms with E-state index >= 15 is 0 Å². The molecule has 0 aromatic heterocycles. The van der Waals surface area contributed by atoms with Crippen LogP contribution < -0.4 is 9.47 Å². The highest BCUT2D eigenvalue weighted by molar-refractivity contribution is 5.40. The first kappa shape index (κ1) is 12.2. The highest BCUT2D eigenvalue weighted by atomic mass is 19.1. The molecule has 0 amide bonds. The summed E-state index contributed by atoms with van der Waals surface area (Å²) in [5, 5.41) is 9.32. The van der Waals surface area contributed by atoms with Gasteiger partial charge >= 0.3 is 0 Å². The minimum Gasteiger partial charge on any atom is -0.508 e. The molecule has 0 fully saturated rings. The molecular formula is C14H13FO3. The van der Waals surface area contributed by atoms with Crippen LogP contribution in [0, 0.1) is 5.82 Å². The lowest BCUT2D eigenvalue weighted by molar-refractivity contribution is 0.295. The van der Waals surface area contributed by atoms with Crippen molar-refractivity contribution in [2.75, 3.05) is 7.11 Å². The number of phenolic OH excluding ortho intramolecular Hbond substituents is 1. The second-order valence-electron chi connectivity index (χ2n) is 3.74. The topological polar surface area (TPSA) is 38.7 Å². The second kappa shape index (κ2) is 5.40. The van der Waals surface area contributed by atoms with E-state index in [-0.39, 0.29) is 18.2 Å². The van der Waals surface area contributed by atoms with Crippen molar-refractivity contribution in [3.63, 3.8) is 0 Å². The largest absolute Gasteiger partial charge is 0.508 e. The molecule has 1 N–H and O–H groups in total. The summed E-state index contributed by atoms with van der Waals surface area (Å²) in [6, 6.07) is 10.6. The molecule has 2 rings (SSSR count). The van der Waals surface area contributed by atoms with E-state index in [9.17, 15) is 9.50 Å². The molecule has 0 bridgehead atoms. The Bertz CT molecular complexity index is 523. The fraction of sp³-hybridized carbons (Fsp3) is 0.143. The zero-order valence-electron chi connectivity index (χ0n) is 9.89. The fourth-order valence-electron chi connectivity index (χ4n) is 1.54. The Balaban J connectivity index is 2.08. The second-order valence-corrected chi connectivity index (χ2v) is 3.74. The van der Waals surface area contributed by atoms with Crippen molar-refractivity contribution in [1.29, 1.82) is 0 Å². The van der Waals surface area contributed by atoms with E-state index < -0.39 is 0 Å². The smallest absolute Gasteiger partial charge is 0.129 e. The lowest BCUT2D eigenvalue weighted by Crippen LogP contribution is -1.98. The van der Waals surface area contributed by atoms with E-state index in [0.717, 1.165) is 5.56 Å². The molecule has 2 aromatic rings. The van der Waals surface area contributed by atoms with Crippen LogP contribution in [-0.4, -0.2) is 12.2 Å². The van der Waals surface area contributed by atoms with Crippen molar-refractivity contribution in [2.24, 2.45) is 0 Å². The monoisotopic (exact) mass is 248 g/mol. The Morgan fingerprint density at radius 3 is 2.50 bits per heavy atom. The molecule has 0 heterocycles. The summed E-state index contributed by atoms with van der Waals surface area (Å²) in [7, 11) is 1.52. The molecule has 3 nitrogen and oxygen atoms in total. The van der Waals surface area contributed by atoms with Gasteiger partial charge in [-0.3, -0.25) is 0 Å². The molecule has 0 atom stereocenters. The first-order valence-corrected chi connectivity index (χ1v) is 5.43. The minimum atomic E-state index is -0.301. The van der Waals surface area contributed by atoms with Gasteiger partial charge in [-0.15, -0.1) is 0 Å². The van der Waals surface area contributed by atoms with E-state index in [4.69, 9.17) is 9.47 Å². The highest BCUT2D eigenvalue weighted by Crippen LogP contribution is 2.25. The average Bonchev–Trinajstić information content (AvgIpc) is 2.39. The number of halogens is 1. The number of hydrogen-bond acceptors (Lipinski definition) is 3. The van der Waals surface area contributed by atoms with Crippen LogP contribution in [0.5, 0.6) is 17.2 Å². The molecule has 0 saturated carbocycles. The van der Waals surface area contributed by atoms with Crippen LogP contribution in [0.3, 0.4) is 0 Å². The molecule has 18 heavy (non-hydrogen) atoms. The fourth-order valence-corrected chi connectivity index (χ4v) is 1.54. The number of benzene rings is 2. The lowest BCUT2D eigenvalue weighted by Gasteiger charge is -2.10. The van der Waals surface area contributed by atoms with Crippen molar-refractivity contribution in [2.45, 2.75) is 6.61 Å². The lowest BCUT2D eigenvalue weighted by atomic mass is 10.2. The molecule has 0 spiro atoms. The minimum absolute atomic E-state index is 0.136. The molecular weight excluding hydrogens is 235 g/mol. The summed E-state index contributed by atoms with van der Waals surface area (Å²) in [4.78, 5) is 0. The molecule has 4 heteroatoms. The number of methoxy groups -OCH3 is 1. The Labute approximate surface area is 104 Å². The van der Waals surface area contributed by atoms with Crippen molar-refractivity contribution in [3.8, 4) is 17.2 Å². The zero-order chi connectivity index (χ0) is 13.0. The third-order valence-electron chi connectivity index (χ3n) is 2.48. The number of aromatic hydroxyl groups is 1. The average molecular weight is 248 g/mol. The Morgan fingerprint density at radius 1 is 1.11 bits per heavy atom. The van der Waals surface area contributed by atoms with Gasteiger partial charge in [-0.05, 0) is 36.4 Å².